The Hall–Kier alpha value is -3.11. The predicted molar refractivity (Wildman–Crippen MR) is 93.4 cm³/mol. The number of hydrogen-bond donors (Lipinski definition) is 0. The average molecular weight is 370 g/mol. The number of likely N-dealkylation sites (tertiary alicyclic amines) is 1. The topological polar surface area (TPSA) is 112 Å². The molecule has 1 fully saturated rings. The van der Waals surface area contributed by atoms with Crippen LogP contribution in [0.2, 0.25) is 0 Å². The molecule has 11 nitrogen and oxygen atoms in total. The van der Waals surface area contributed by atoms with Crippen LogP contribution in [0.4, 0.5) is 0 Å². The molecule has 27 heavy (non-hydrogen) atoms. The van der Waals surface area contributed by atoms with Crippen LogP contribution in [0, 0.1) is 6.92 Å². The molecule has 0 saturated carbocycles. The minimum atomic E-state index is 0.0370. The number of tetrazole rings is 1. The molecule has 0 spiro atoms. The van der Waals surface area contributed by atoms with Crippen molar-refractivity contribution in [1.82, 2.24) is 49.4 Å². The van der Waals surface area contributed by atoms with Gasteiger partial charge in [-0.25, -0.2) is 9.67 Å². The summed E-state index contributed by atoms with van der Waals surface area (Å²) in [4.78, 5) is 18.5. The maximum Gasteiger partial charge on any atom is 0.244 e. The molecule has 3 aromatic rings. The van der Waals surface area contributed by atoms with Crippen LogP contribution in [-0.2, 0) is 24.9 Å². The molecule has 3 aromatic heterocycles. The molecule has 4 heterocycles. The van der Waals surface area contributed by atoms with Crippen molar-refractivity contribution in [3.8, 4) is 0 Å². The van der Waals surface area contributed by atoms with Gasteiger partial charge in [-0.2, -0.15) is 0 Å². The largest absolute Gasteiger partial charge is 0.341 e. The highest BCUT2D eigenvalue weighted by molar-refractivity contribution is 5.75. The summed E-state index contributed by atoms with van der Waals surface area (Å²) >= 11 is 0. The SMILES string of the molecule is Cc1nccn1Cc1nnc(C2CCN(C(=O)Cn3cnnn3)CC2)n1C. The molecule has 142 valence electrons. The molecule has 1 aliphatic heterocycles. The first-order chi connectivity index (χ1) is 13.1. The van der Waals surface area contributed by atoms with E-state index < -0.39 is 0 Å². The van der Waals surface area contributed by atoms with Gasteiger partial charge in [0.2, 0.25) is 5.91 Å². The molecule has 1 amide bonds. The third kappa shape index (κ3) is 3.57. The minimum Gasteiger partial charge on any atom is -0.341 e. The molecule has 0 aromatic carbocycles. The average Bonchev–Trinajstić information content (AvgIpc) is 3.40. The molecule has 0 atom stereocenters. The molecule has 0 radical (unpaired) electrons. The van der Waals surface area contributed by atoms with Crippen LogP contribution in [0.5, 0.6) is 0 Å². The molecule has 0 N–H and O–H groups in total. The fraction of sp³-hybridized carbons (Fsp3) is 0.562. The van der Waals surface area contributed by atoms with E-state index in [1.54, 1.807) is 6.20 Å². The summed E-state index contributed by atoms with van der Waals surface area (Å²) in [6, 6.07) is 0. The van der Waals surface area contributed by atoms with Crippen molar-refractivity contribution in [2.45, 2.75) is 38.8 Å². The van der Waals surface area contributed by atoms with Gasteiger partial charge in [0.15, 0.2) is 5.82 Å². The van der Waals surface area contributed by atoms with Crippen molar-refractivity contribution >= 4 is 5.91 Å². The van der Waals surface area contributed by atoms with E-state index in [0.29, 0.717) is 25.6 Å². The zero-order valence-electron chi connectivity index (χ0n) is 15.4. The van der Waals surface area contributed by atoms with Crippen LogP contribution in [-0.4, -0.2) is 68.4 Å². The summed E-state index contributed by atoms with van der Waals surface area (Å²) in [5, 5.41) is 19.6. The lowest BCUT2D eigenvalue weighted by atomic mass is 9.96. The van der Waals surface area contributed by atoms with Crippen LogP contribution in [0.15, 0.2) is 18.7 Å². The molecule has 0 aliphatic carbocycles. The minimum absolute atomic E-state index is 0.0370. The molecule has 4 rings (SSSR count). The smallest absolute Gasteiger partial charge is 0.244 e. The Morgan fingerprint density at radius 3 is 2.74 bits per heavy atom. The second-order valence-corrected chi connectivity index (χ2v) is 6.80. The Labute approximate surface area is 156 Å². The summed E-state index contributed by atoms with van der Waals surface area (Å²) in [6.07, 6.45) is 6.93. The number of carbonyl (C=O) groups excluding carboxylic acids is 1. The predicted octanol–water partition coefficient (Wildman–Crippen LogP) is -0.239. The van der Waals surface area contributed by atoms with E-state index >= 15 is 0 Å². The van der Waals surface area contributed by atoms with Gasteiger partial charge in [-0.1, -0.05) is 0 Å². The number of piperidine rings is 1. The van der Waals surface area contributed by atoms with Crippen LogP contribution >= 0.6 is 0 Å². The van der Waals surface area contributed by atoms with Crippen molar-refractivity contribution in [3.05, 3.63) is 36.2 Å². The van der Waals surface area contributed by atoms with Gasteiger partial charge < -0.3 is 14.0 Å². The fourth-order valence-corrected chi connectivity index (χ4v) is 3.47. The fourth-order valence-electron chi connectivity index (χ4n) is 3.47. The summed E-state index contributed by atoms with van der Waals surface area (Å²) in [7, 11) is 2.01. The van der Waals surface area contributed by atoms with Crippen LogP contribution in [0.3, 0.4) is 0 Å². The Morgan fingerprint density at radius 2 is 2.07 bits per heavy atom. The number of amides is 1. The van der Waals surface area contributed by atoms with E-state index in [2.05, 4.69) is 35.3 Å². The first-order valence-corrected chi connectivity index (χ1v) is 8.96. The van der Waals surface area contributed by atoms with Crippen molar-refractivity contribution in [2.75, 3.05) is 13.1 Å². The van der Waals surface area contributed by atoms with Gasteiger partial charge in [0.05, 0.1) is 6.54 Å². The molecule has 11 heteroatoms. The Bertz CT molecular complexity index is 904. The Balaban J connectivity index is 1.37. The molecule has 1 aliphatic rings. The summed E-state index contributed by atoms with van der Waals surface area (Å²) < 4.78 is 5.57. The van der Waals surface area contributed by atoms with E-state index in [1.807, 2.05) is 29.6 Å². The first-order valence-electron chi connectivity index (χ1n) is 8.96. The molecular formula is C16H22N10O. The highest BCUT2D eigenvalue weighted by Crippen LogP contribution is 2.27. The third-order valence-electron chi connectivity index (χ3n) is 5.14. The van der Waals surface area contributed by atoms with E-state index in [4.69, 9.17) is 0 Å². The lowest BCUT2D eigenvalue weighted by molar-refractivity contribution is -0.133. The van der Waals surface area contributed by atoms with Gasteiger partial charge in [-0.05, 0) is 30.2 Å². The van der Waals surface area contributed by atoms with Crippen LogP contribution < -0.4 is 0 Å². The van der Waals surface area contributed by atoms with Crippen LogP contribution in [0.1, 0.15) is 36.2 Å². The van der Waals surface area contributed by atoms with Crippen molar-refractivity contribution in [3.63, 3.8) is 0 Å². The van der Waals surface area contributed by atoms with Gasteiger partial charge in [0.1, 0.15) is 24.5 Å². The van der Waals surface area contributed by atoms with E-state index in [0.717, 1.165) is 30.3 Å². The number of imidazole rings is 1. The zero-order valence-corrected chi connectivity index (χ0v) is 15.4. The van der Waals surface area contributed by atoms with Crippen molar-refractivity contribution < 1.29 is 4.79 Å². The molecule has 0 bridgehead atoms. The van der Waals surface area contributed by atoms with Crippen molar-refractivity contribution in [1.29, 1.82) is 0 Å². The van der Waals surface area contributed by atoms with E-state index in [1.165, 1.54) is 11.0 Å². The summed E-state index contributed by atoms with van der Waals surface area (Å²) in [6.45, 7) is 4.21. The highest BCUT2D eigenvalue weighted by Gasteiger charge is 2.27. The standard InChI is InChI=1S/C16H22N10O/c1-12-17-5-8-25(12)9-14-19-20-16(23(14)2)13-3-6-24(7-4-13)15(27)10-26-11-18-21-22-26/h5,8,11,13H,3-4,6-7,9-10H2,1-2H3. The second-order valence-electron chi connectivity index (χ2n) is 6.80. The number of rotatable bonds is 5. The van der Waals surface area contributed by atoms with Crippen molar-refractivity contribution in [2.24, 2.45) is 7.05 Å². The lowest BCUT2D eigenvalue weighted by Gasteiger charge is -2.31. The van der Waals surface area contributed by atoms with Gasteiger partial charge in [0.25, 0.3) is 0 Å². The van der Waals surface area contributed by atoms with E-state index in [9.17, 15) is 4.79 Å². The maximum atomic E-state index is 12.4. The first kappa shape index (κ1) is 17.3. The molecule has 1 saturated heterocycles. The number of hydrogen-bond acceptors (Lipinski definition) is 7. The summed E-state index contributed by atoms with van der Waals surface area (Å²) in [5.74, 6) is 3.18. The lowest BCUT2D eigenvalue weighted by Crippen LogP contribution is -2.40. The third-order valence-corrected chi connectivity index (χ3v) is 5.14. The Morgan fingerprint density at radius 1 is 1.26 bits per heavy atom. The normalized spacial score (nSPS) is 15.4. The number of aromatic nitrogens is 9. The number of nitrogens with zero attached hydrogens (tertiary/aromatic N) is 10. The van der Waals surface area contributed by atoms with Crippen LogP contribution in [0.25, 0.3) is 0 Å². The van der Waals surface area contributed by atoms with Gasteiger partial charge in [-0.3, -0.25) is 4.79 Å². The molecule has 0 unspecified atom stereocenters. The van der Waals surface area contributed by atoms with E-state index in [-0.39, 0.29) is 12.5 Å². The van der Waals surface area contributed by atoms with Gasteiger partial charge in [0, 0.05) is 38.4 Å². The highest BCUT2D eigenvalue weighted by atomic mass is 16.2. The number of carbonyl (C=O) groups is 1. The maximum absolute atomic E-state index is 12.4. The van der Waals surface area contributed by atoms with Gasteiger partial charge >= 0.3 is 0 Å². The molecular weight excluding hydrogens is 348 g/mol. The summed E-state index contributed by atoms with van der Waals surface area (Å²) in [5.41, 5.74) is 0. The Kier molecular flexibility index (Phi) is 4.65. The number of aryl methyl sites for hydroxylation is 1. The monoisotopic (exact) mass is 370 g/mol. The van der Waals surface area contributed by atoms with Gasteiger partial charge in [-0.15, -0.1) is 15.3 Å². The second kappa shape index (κ2) is 7.25. The zero-order chi connectivity index (χ0) is 18.8. The quantitative estimate of drug-likeness (QED) is 0.609.